The molecule has 11 heteroatoms. The maximum absolute atomic E-state index is 14.2. The molecule has 1 atom stereocenters. The topological polar surface area (TPSA) is 89.7 Å². The van der Waals surface area contributed by atoms with Crippen molar-refractivity contribution in [2.24, 2.45) is 0 Å². The monoisotopic (exact) mass is 457 g/mol. The molecule has 156 valence electrons. The van der Waals surface area contributed by atoms with Gasteiger partial charge in [-0.2, -0.15) is 4.39 Å². The number of ether oxygens (including phenoxy) is 1. The molecular formula is C19H12ClF3NO5P. The van der Waals surface area contributed by atoms with Crippen LogP contribution in [0.5, 0.6) is 11.5 Å². The summed E-state index contributed by atoms with van der Waals surface area (Å²) in [5.74, 6) is -5.72. The molecule has 0 aliphatic rings. The quantitative estimate of drug-likeness (QED) is 0.252. The number of nitro groups is 1. The van der Waals surface area contributed by atoms with E-state index in [9.17, 15) is 32.7 Å². The fourth-order valence-electron chi connectivity index (χ4n) is 2.66. The Morgan fingerprint density at radius 2 is 1.70 bits per heavy atom. The van der Waals surface area contributed by atoms with Gasteiger partial charge in [-0.3, -0.25) is 14.7 Å². The number of hydrogen-bond acceptors (Lipinski definition) is 4. The van der Waals surface area contributed by atoms with Crippen molar-refractivity contribution in [2.45, 2.75) is 6.92 Å². The average Bonchev–Trinajstić information content (AvgIpc) is 2.74. The van der Waals surface area contributed by atoms with Crippen molar-refractivity contribution in [1.82, 2.24) is 0 Å². The smallest absolute Gasteiger partial charge is 0.282 e. The van der Waals surface area contributed by atoms with Crippen LogP contribution in [-0.4, -0.2) is 9.82 Å². The molecule has 6 nitrogen and oxygen atoms in total. The van der Waals surface area contributed by atoms with Crippen molar-refractivity contribution >= 4 is 35.3 Å². The van der Waals surface area contributed by atoms with Crippen LogP contribution in [0, 0.1) is 34.5 Å². The molecular weight excluding hydrogens is 446 g/mol. The SMILES string of the molecule is Cc1c(F)c(F)c(Oc2ccc([N+](=O)[O-])c(P(=O)(O)c3ccccc3)c2)c(Cl)c1F. The van der Waals surface area contributed by atoms with Gasteiger partial charge in [0.05, 0.1) is 4.92 Å². The number of hydrogen-bond donors (Lipinski definition) is 1. The Balaban J connectivity index is 2.16. The summed E-state index contributed by atoms with van der Waals surface area (Å²) in [5, 5.41) is 9.80. The first-order chi connectivity index (χ1) is 14.1. The zero-order valence-corrected chi connectivity index (χ0v) is 16.8. The molecule has 30 heavy (non-hydrogen) atoms. The highest BCUT2D eigenvalue weighted by Crippen LogP contribution is 2.43. The molecule has 0 aromatic heterocycles. The van der Waals surface area contributed by atoms with Gasteiger partial charge < -0.3 is 9.63 Å². The van der Waals surface area contributed by atoms with Gasteiger partial charge in [0, 0.05) is 23.0 Å². The third-order valence-corrected chi connectivity index (χ3v) is 6.59. The zero-order chi connectivity index (χ0) is 22.2. The summed E-state index contributed by atoms with van der Waals surface area (Å²) in [7, 11) is -4.47. The van der Waals surface area contributed by atoms with Gasteiger partial charge in [-0.15, -0.1) is 0 Å². The van der Waals surface area contributed by atoms with Crippen molar-refractivity contribution in [3.05, 3.63) is 86.7 Å². The van der Waals surface area contributed by atoms with Gasteiger partial charge in [0.2, 0.25) is 5.82 Å². The Morgan fingerprint density at radius 3 is 2.30 bits per heavy atom. The largest absolute Gasteiger partial charge is 0.452 e. The fourth-order valence-corrected chi connectivity index (χ4v) is 4.55. The van der Waals surface area contributed by atoms with E-state index in [0.29, 0.717) is 0 Å². The van der Waals surface area contributed by atoms with E-state index in [2.05, 4.69) is 0 Å². The average molecular weight is 458 g/mol. The van der Waals surface area contributed by atoms with E-state index in [4.69, 9.17) is 16.3 Å². The molecule has 0 spiro atoms. The van der Waals surface area contributed by atoms with Crippen LogP contribution < -0.4 is 15.3 Å². The maximum atomic E-state index is 14.2. The van der Waals surface area contributed by atoms with Gasteiger partial charge >= 0.3 is 0 Å². The second-order valence-electron chi connectivity index (χ2n) is 6.13. The molecule has 0 saturated heterocycles. The second-order valence-corrected chi connectivity index (χ2v) is 8.66. The lowest BCUT2D eigenvalue weighted by molar-refractivity contribution is -0.383. The Labute approximate surface area is 173 Å². The highest BCUT2D eigenvalue weighted by Gasteiger charge is 2.33. The van der Waals surface area contributed by atoms with Crippen molar-refractivity contribution in [1.29, 1.82) is 0 Å². The van der Waals surface area contributed by atoms with E-state index in [0.717, 1.165) is 25.1 Å². The maximum Gasteiger partial charge on any atom is 0.282 e. The van der Waals surface area contributed by atoms with E-state index in [1.54, 1.807) is 6.07 Å². The van der Waals surface area contributed by atoms with Crippen LogP contribution in [0.3, 0.4) is 0 Å². The van der Waals surface area contributed by atoms with E-state index >= 15 is 0 Å². The normalized spacial score (nSPS) is 13.0. The molecule has 3 aromatic rings. The van der Waals surface area contributed by atoms with Crippen molar-refractivity contribution in [3.8, 4) is 11.5 Å². The van der Waals surface area contributed by atoms with Gasteiger partial charge in [-0.05, 0) is 25.1 Å². The van der Waals surface area contributed by atoms with Gasteiger partial charge in [0.1, 0.15) is 16.1 Å². The highest BCUT2D eigenvalue weighted by molar-refractivity contribution is 7.73. The summed E-state index contributed by atoms with van der Waals surface area (Å²) >= 11 is 5.71. The van der Waals surface area contributed by atoms with Crippen LogP contribution >= 0.6 is 19.0 Å². The Morgan fingerprint density at radius 1 is 1.07 bits per heavy atom. The van der Waals surface area contributed by atoms with Gasteiger partial charge in [0.15, 0.2) is 17.4 Å². The first-order valence-corrected chi connectivity index (χ1v) is 10.3. The molecule has 0 fully saturated rings. The lowest BCUT2D eigenvalue weighted by Gasteiger charge is -2.15. The molecule has 1 unspecified atom stereocenters. The summed E-state index contributed by atoms with van der Waals surface area (Å²) in [5.41, 5.74) is -1.34. The third-order valence-electron chi connectivity index (χ3n) is 4.24. The first kappa shape index (κ1) is 21.8. The Hall–Kier alpha value is -2.87. The zero-order valence-electron chi connectivity index (χ0n) is 15.1. The van der Waals surface area contributed by atoms with Crippen molar-refractivity contribution in [3.63, 3.8) is 0 Å². The molecule has 0 heterocycles. The second kappa shape index (κ2) is 8.10. The van der Waals surface area contributed by atoms with Gasteiger partial charge in [-0.1, -0.05) is 29.8 Å². The molecule has 0 radical (unpaired) electrons. The minimum absolute atomic E-state index is 0.0955. The van der Waals surface area contributed by atoms with Gasteiger partial charge in [-0.25, -0.2) is 8.78 Å². The highest BCUT2D eigenvalue weighted by atomic mass is 35.5. The van der Waals surface area contributed by atoms with Crippen LogP contribution in [0.25, 0.3) is 0 Å². The first-order valence-electron chi connectivity index (χ1n) is 8.23. The Bertz CT molecular complexity index is 1180. The van der Waals surface area contributed by atoms with Crippen LogP contribution in [0.2, 0.25) is 5.02 Å². The van der Waals surface area contributed by atoms with Gasteiger partial charge in [0.25, 0.3) is 13.1 Å². The summed E-state index contributed by atoms with van der Waals surface area (Å²) in [6, 6.07) is 9.81. The van der Waals surface area contributed by atoms with E-state index in [-0.39, 0.29) is 11.1 Å². The third kappa shape index (κ3) is 3.79. The lowest BCUT2D eigenvalue weighted by atomic mass is 10.2. The number of benzene rings is 3. The van der Waals surface area contributed by atoms with Crippen LogP contribution in [0.1, 0.15) is 5.56 Å². The fraction of sp³-hybridized carbons (Fsp3) is 0.0526. The minimum atomic E-state index is -4.47. The molecule has 0 aliphatic heterocycles. The number of nitro benzene ring substituents is 1. The predicted octanol–water partition coefficient (Wildman–Crippen LogP) is 4.99. The lowest BCUT2D eigenvalue weighted by Crippen LogP contribution is -2.18. The van der Waals surface area contributed by atoms with E-state index in [1.807, 2.05) is 0 Å². The van der Waals surface area contributed by atoms with E-state index in [1.165, 1.54) is 24.3 Å². The summed E-state index contributed by atoms with van der Waals surface area (Å²) in [6.45, 7) is 0.981. The van der Waals surface area contributed by atoms with Crippen LogP contribution in [0.15, 0.2) is 48.5 Å². The van der Waals surface area contributed by atoms with E-state index < -0.39 is 57.1 Å². The molecule has 0 aliphatic carbocycles. The molecule has 3 aromatic carbocycles. The summed E-state index contributed by atoms with van der Waals surface area (Å²) in [6.07, 6.45) is 0. The molecule has 0 amide bonds. The molecule has 1 N–H and O–H groups in total. The number of rotatable bonds is 5. The minimum Gasteiger partial charge on any atom is -0.452 e. The summed E-state index contributed by atoms with van der Waals surface area (Å²) < 4.78 is 60.2. The molecule has 0 saturated carbocycles. The standard InChI is InChI=1S/C19H12ClF3NO5P/c1-10-16(21)15(20)19(18(23)17(10)22)29-11-7-8-13(24(25)26)14(9-11)30(27,28)12-5-3-2-4-6-12/h2-9H,1H3,(H,27,28). The Kier molecular flexibility index (Phi) is 5.90. The van der Waals surface area contributed by atoms with Crippen LogP contribution in [0.4, 0.5) is 18.9 Å². The number of nitrogens with zero attached hydrogens (tertiary/aromatic N) is 1. The predicted molar refractivity (Wildman–Crippen MR) is 105 cm³/mol. The summed E-state index contributed by atoms with van der Waals surface area (Å²) in [4.78, 5) is 21.1. The van der Waals surface area contributed by atoms with Crippen molar-refractivity contribution < 1.29 is 32.3 Å². The molecule has 0 bridgehead atoms. The molecule has 3 rings (SSSR count). The van der Waals surface area contributed by atoms with Crippen molar-refractivity contribution in [2.75, 3.05) is 0 Å². The van der Waals surface area contributed by atoms with Crippen LogP contribution in [-0.2, 0) is 4.57 Å². The number of halogens is 4.